The molecule has 2 fully saturated rings. The Hall–Kier alpha value is -0.120. The Morgan fingerprint density at radius 1 is 1.00 bits per heavy atom. The van der Waals surface area contributed by atoms with Gasteiger partial charge in [-0.1, -0.05) is 32.6 Å². The van der Waals surface area contributed by atoms with Gasteiger partial charge < -0.3 is 15.4 Å². The minimum absolute atomic E-state index is 0.741. The van der Waals surface area contributed by atoms with Crippen molar-refractivity contribution in [2.75, 3.05) is 26.3 Å². The van der Waals surface area contributed by atoms with Crippen LogP contribution in [0.5, 0.6) is 0 Å². The van der Waals surface area contributed by atoms with Crippen molar-refractivity contribution in [3.05, 3.63) is 0 Å². The number of rotatable bonds is 9. The maximum Gasteiger partial charge on any atom is 0.0478 e. The monoisotopic (exact) mass is 296 g/mol. The van der Waals surface area contributed by atoms with Crippen molar-refractivity contribution in [3.8, 4) is 0 Å². The number of unbranched alkanes of at least 4 members (excludes halogenated alkanes) is 1. The third-order valence-corrected chi connectivity index (χ3v) is 5.20. The molecular formula is C18H36N2O. The lowest BCUT2D eigenvalue weighted by Crippen LogP contribution is -2.50. The third-order valence-electron chi connectivity index (χ3n) is 5.20. The maximum atomic E-state index is 5.65. The van der Waals surface area contributed by atoms with Crippen molar-refractivity contribution in [1.82, 2.24) is 10.6 Å². The zero-order chi connectivity index (χ0) is 14.8. The number of ether oxygens (including phenoxy) is 1. The molecule has 1 saturated heterocycles. The van der Waals surface area contributed by atoms with Gasteiger partial charge in [0, 0.05) is 25.3 Å². The molecule has 0 spiro atoms. The Balaban J connectivity index is 1.62. The Morgan fingerprint density at radius 3 is 2.62 bits per heavy atom. The van der Waals surface area contributed by atoms with Gasteiger partial charge in [-0.3, -0.25) is 0 Å². The van der Waals surface area contributed by atoms with E-state index in [4.69, 9.17) is 4.74 Å². The van der Waals surface area contributed by atoms with Crippen LogP contribution in [0, 0.1) is 5.92 Å². The van der Waals surface area contributed by atoms with Gasteiger partial charge in [0.2, 0.25) is 0 Å². The molecule has 0 aromatic rings. The Bertz CT molecular complexity index is 254. The van der Waals surface area contributed by atoms with Crippen LogP contribution in [0.2, 0.25) is 0 Å². The first-order chi connectivity index (χ1) is 10.4. The van der Waals surface area contributed by atoms with E-state index in [9.17, 15) is 0 Å². The van der Waals surface area contributed by atoms with E-state index in [-0.39, 0.29) is 0 Å². The van der Waals surface area contributed by atoms with Crippen molar-refractivity contribution in [1.29, 1.82) is 0 Å². The van der Waals surface area contributed by atoms with Gasteiger partial charge >= 0.3 is 0 Å². The van der Waals surface area contributed by atoms with Crippen molar-refractivity contribution >= 4 is 0 Å². The number of hydrogen-bond donors (Lipinski definition) is 2. The van der Waals surface area contributed by atoms with Crippen molar-refractivity contribution < 1.29 is 4.74 Å². The molecule has 1 heterocycles. The Labute approximate surface area is 131 Å². The highest BCUT2D eigenvalue weighted by Crippen LogP contribution is 2.30. The lowest BCUT2D eigenvalue weighted by atomic mass is 9.77. The van der Waals surface area contributed by atoms with E-state index in [0.717, 1.165) is 44.2 Å². The van der Waals surface area contributed by atoms with E-state index in [1.807, 2.05) is 0 Å². The number of nitrogens with one attached hydrogen (secondary N) is 2. The minimum atomic E-state index is 0.741. The van der Waals surface area contributed by atoms with Crippen molar-refractivity contribution in [2.24, 2.45) is 5.92 Å². The smallest absolute Gasteiger partial charge is 0.0478 e. The quantitative estimate of drug-likeness (QED) is 0.639. The molecule has 2 rings (SSSR count). The molecule has 3 heteroatoms. The molecule has 0 aromatic carbocycles. The standard InChI is InChI=1S/C18H36N2O/c1-2-3-14-21-15-8-13-20-17-10-5-4-9-16(17)18-11-6-7-12-19-18/h16-20H,2-15H2,1H3. The number of hydrogen-bond acceptors (Lipinski definition) is 3. The molecule has 1 saturated carbocycles. The first-order valence-corrected chi connectivity index (χ1v) is 9.46. The van der Waals surface area contributed by atoms with Gasteiger partial charge in [-0.25, -0.2) is 0 Å². The molecule has 0 radical (unpaired) electrons. The molecule has 2 N–H and O–H groups in total. The highest BCUT2D eigenvalue weighted by Gasteiger charge is 2.31. The second kappa shape index (κ2) is 10.6. The van der Waals surface area contributed by atoms with Gasteiger partial charge in [-0.2, -0.15) is 0 Å². The molecule has 0 bridgehead atoms. The number of piperidine rings is 1. The summed E-state index contributed by atoms with van der Waals surface area (Å²) in [5.74, 6) is 0.861. The molecule has 3 unspecified atom stereocenters. The summed E-state index contributed by atoms with van der Waals surface area (Å²) in [4.78, 5) is 0. The summed E-state index contributed by atoms with van der Waals surface area (Å²) < 4.78 is 5.65. The van der Waals surface area contributed by atoms with E-state index >= 15 is 0 Å². The molecular weight excluding hydrogens is 260 g/mol. The second-order valence-electron chi connectivity index (χ2n) is 6.88. The van der Waals surface area contributed by atoms with Crippen molar-refractivity contribution in [2.45, 2.75) is 83.2 Å². The molecule has 1 aliphatic heterocycles. The largest absolute Gasteiger partial charge is 0.381 e. The summed E-state index contributed by atoms with van der Waals surface area (Å²) in [7, 11) is 0. The highest BCUT2D eigenvalue weighted by molar-refractivity contribution is 4.90. The molecule has 124 valence electrons. The van der Waals surface area contributed by atoms with E-state index < -0.39 is 0 Å². The molecule has 3 atom stereocenters. The summed E-state index contributed by atoms with van der Waals surface area (Å²) in [6.45, 7) is 6.44. The third kappa shape index (κ3) is 6.25. The van der Waals surface area contributed by atoms with Gasteiger partial charge in [-0.15, -0.1) is 0 Å². The highest BCUT2D eigenvalue weighted by atomic mass is 16.5. The van der Waals surface area contributed by atoms with E-state index in [2.05, 4.69) is 17.6 Å². The fraction of sp³-hybridized carbons (Fsp3) is 1.00. The SMILES string of the molecule is CCCCOCCCNC1CCCCC1C1CCCCN1. The van der Waals surface area contributed by atoms with Crippen LogP contribution in [0.25, 0.3) is 0 Å². The van der Waals surface area contributed by atoms with Crippen molar-refractivity contribution in [3.63, 3.8) is 0 Å². The summed E-state index contributed by atoms with van der Waals surface area (Å²) in [5, 5.41) is 7.62. The summed E-state index contributed by atoms with van der Waals surface area (Å²) in [6, 6.07) is 1.52. The van der Waals surface area contributed by atoms with Crippen LogP contribution in [-0.2, 0) is 4.74 Å². The average Bonchev–Trinajstić information content (AvgIpc) is 2.55. The fourth-order valence-electron chi connectivity index (χ4n) is 3.95. The summed E-state index contributed by atoms with van der Waals surface area (Å²) in [5.41, 5.74) is 0. The van der Waals surface area contributed by atoms with Crippen LogP contribution in [0.15, 0.2) is 0 Å². The molecule has 1 aliphatic carbocycles. The van der Waals surface area contributed by atoms with Gasteiger partial charge in [0.05, 0.1) is 0 Å². The minimum Gasteiger partial charge on any atom is -0.381 e. The van der Waals surface area contributed by atoms with Gasteiger partial charge in [0.1, 0.15) is 0 Å². The summed E-state index contributed by atoms with van der Waals surface area (Å²) in [6.07, 6.45) is 13.4. The molecule has 2 aliphatic rings. The Kier molecular flexibility index (Phi) is 8.68. The first kappa shape index (κ1) is 17.2. The molecule has 3 nitrogen and oxygen atoms in total. The summed E-state index contributed by atoms with van der Waals surface area (Å²) >= 11 is 0. The van der Waals surface area contributed by atoms with Gasteiger partial charge in [-0.05, 0) is 57.5 Å². The van der Waals surface area contributed by atoms with Gasteiger partial charge in [0.25, 0.3) is 0 Å². The normalized spacial score (nSPS) is 30.4. The lowest BCUT2D eigenvalue weighted by Gasteiger charge is -2.40. The van der Waals surface area contributed by atoms with E-state index in [1.165, 1.54) is 64.3 Å². The second-order valence-corrected chi connectivity index (χ2v) is 6.88. The van der Waals surface area contributed by atoms with E-state index in [0.29, 0.717) is 0 Å². The van der Waals surface area contributed by atoms with Gasteiger partial charge in [0.15, 0.2) is 0 Å². The van der Waals surface area contributed by atoms with Crippen LogP contribution >= 0.6 is 0 Å². The van der Waals surface area contributed by atoms with Crippen LogP contribution in [0.1, 0.15) is 71.1 Å². The maximum absolute atomic E-state index is 5.65. The molecule has 21 heavy (non-hydrogen) atoms. The predicted octanol–water partition coefficient (Wildman–Crippen LogP) is 3.48. The lowest BCUT2D eigenvalue weighted by molar-refractivity contribution is 0.124. The Morgan fingerprint density at radius 2 is 1.81 bits per heavy atom. The predicted molar refractivity (Wildman–Crippen MR) is 89.7 cm³/mol. The first-order valence-electron chi connectivity index (χ1n) is 9.46. The fourth-order valence-corrected chi connectivity index (χ4v) is 3.95. The van der Waals surface area contributed by atoms with E-state index in [1.54, 1.807) is 0 Å². The molecule has 0 aromatic heterocycles. The zero-order valence-electron chi connectivity index (χ0n) is 14.0. The zero-order valence-corrected chi connectivity index (χ0v) is 14.0. The van der Waals surface area contributed by atoms with Crippen LogP contribution < -0.4 is 10.6 Å². The topological polar surface area (TPSA) is 33.3 Å². The van der Waals surface area contributed by atoms with Crippen LogP contribution in [0.3, 0.4) is 0 Å². The van der Waals surface area contributed by atoms with Crippen LogP contribution in [0.4, 0.5) is 0 Å². The average molecular weight is 296 g/mol. The van der Waals surface area contributed by atoms with Crippen LogP contribution in [-0.4, -0.2) is 38.4 Å². The molecule has 0 amide bonds.